The van der Waals surface area contributed by atoms with Gasteiger partial charge in [-0.3, -0.25) is 19.2 Å². The van der Waals surface area contributed by atoms with Gasteiger partial charge >= 0.3 is 12.1 Å². The Morgan fingerprint density at radius 3 is 2.31 bits per heavy atom. The van der Waals surface area contributed by atoms with E-state index in [1.54, 1.807) is 6.92 Å². The number of carboxylic acids is 1. The van der Waals surface area contributed by atoms with Gasteiger partial charge < -0.3 is 31.1 Å². The van der Waals surface area contributed by atoms with E-state index in [0.717, 1.165) is 5.56 Å². The SMILES string of the molecule is CCC(=O)NC(CCCNC(=O)OCc1ccccc1)C(=O)NCC(=O)NC(C)C(=O)O. The Labute approximate surface area is 186 Å². The van der Waals surface area contributed by atoms with Crippen LogP contribution in [0.15, 0.2) is 30.3 Å². The van der Waals surface area contributed by atoms with Crippen molar-refractivity contribution >= 4 is 29.8 Å². The number of ether oxygens (including phenoxy) is 1. The number of amides is 4. The van der Waals surface area contributed by atoms with Crippen LogP contribution in [0.5, 0.6) is 0 Å². The van der Waals surface area contributed by atoms with Gasteiger partial charge in [-0.05, 0) is 25.3 Å². The minimum Gasteiger partial charge on any atom is -0.480 e. The van der Waals surface area contributed by atoms with Crippen molar-refractivity contribution in [2.24, 2.45) is 0 Å². The second-order valence-corrected chi connectivity index (χ2v) is 6.95. The highest BCUT2D eigenvalue weighted by molar-refractivity contribution is 5.91. The van der Waals surface area contributed by atoms with E-state index in [4.69, 9.17) is 9.84 Å². The molecule has 5 N–H and O–H groups in total. The zero-order chi connectivity index (χ0) is 23.9. The van der Waals surface area contributed by atoms with Crippen LogP contribution in [0.2, 0.25) is 0 Å². The zero-order valence-corrected chi connectivity index (χ0v) is 18.2. The van der Waals surface area contributed by atoms with E-state index in [9.17, 15) is 24.0 Å². The molecule has 0 saturated heterocycles. The molecule has 0 spiro atoms. The lowest BCUT2D eigenvalue weighted by Gasteiger charge is -2.18. The van der Waals surface area contributed by atoms with Crippen molar-refractivity contribution in [2.75, 3.05) is 13.1 Å². The molecule has 32 heavy (non-hydrogen) atoms. The molecule has 11 heteroatoms. The van der Waals surface area contributed by atoms with Crippen molar-refractivity contribution in [1.82, 2.24) is 21.3 Å². The first-order valence-corrected chi connectivity index (χ1v) is 10.3. The first-order chi connectivity index (χ1) is 15.2. The van der Waals surface area contributed by atoms with E-state index in [-0.39, 0.29) is 31.9 Å². The summed E-state index contributed by atoms with van der Waals surface area (Å²) in [6.07, 6.45) is 0.149. The molecule has 0 bridgehead atoms. The van der Waals surface area contributed by atoms with E-state index in [1.807, 2.05) is 30.3 Å². The lowest BCUT2D eigenvalue weighted by atomic mass is 10.1. The van der Waals surface area contributed by atoms with Crippen LogP contribution in [0.3, 0.4) is 0 Å². The van der Waals surface area contributed by atoms with E-state index in [1.165, 1.54) is 6.92 Å². The first-order valence-electron chi connectivity index (χ1n) is 10.3. The highest BCUT2D eigenvalue weighted by atomic mass is 16.5. The van der Waals surface area contributed by atoms with E-state index in [2.05, 4.69) is 21.3 Å². The van der Waals surface area contributed by atoms with Gasteiger partial charge in [0.25, 0.3) is 0 Å². The zero-order valence-electron chi connectivity index (χ0n) is 18.2. The average Bonchev–Trinajstić information content (AvgIpc) is 2.78. The highest BCUT2D eigenvalue weighted by Crippen LogP contribution is 2.01. The number of carbonyl (C=O) groups is 5. The van der Waals surface area contributed by atoms with E-state index >= 15 is 0 Å². The number of carboxylic acid groups (broad SMARTS) is 1. The summed E-state index contributed by atoms with van der Waals surface area (Å²) < 4.78 is 5.09. The molecule has 0 fully saturated rings. The predicted octanol–water partition coefficient (Wildman–Crippen LogP) is 0.293. The molecule has 2 atom stereocenters. The maximum Gasteiger partial charge on any atom is 0.407 e. The van der Waals surface area contributed by atoms with Gasteiger partial charge in [0.1, 0.15) is 18.7 Å². The second-order valence-electron chi connectivity index (χ2n) is 6.95. The summed E-state index contributed by atoms with van der Waals surface area (Å²) in [5, 5.41) is 18.5. The minimum atomic E-state index is -1.20. The van der Waals surface area contributed by atoms with Crippen molar-refractivity contribution in [1.29, 1.82) is 0 Å². The van der Waals surface area contributed by atoms with Crippen molar-refractivity contribution in [2.45, 2.75) is 51.8 Å². The molecule has 0 aliphatic heterocycles. The largest absolute Gasteiger partial charge is 0.480 e. The third kappa shape index (κ3) is 11.0. The van der Waals surface area contributed by atoms with Gasteiger partial charge in [-0.1, -0.05) is 37.3 Å². The van der Waals surface area contributed by atoms with Gasteiger partial charge in [0.15, 0.2) is 0 Å². The summed E-state index contributed by atoms with van der Waals surface area (Å²) in [5.74, 6) is -2.80. The standard InChI is InChI=1S/C21H30N4O7/c1-3-17(26)25-16(19(28)23-12-18(27)24-14(2)20(29)30)10-7-11-22-21(31)32-13-15-8-5-4-6-9-15/h4-6,8-9,14,16H,3,7,10-13H2,1-2H3,(H,22,31)(H,23,28)(H,24,27)(H,25,26)(H,29,30). The second kappa shape index (κ2) is 14.4. The molecule has 2 unspecified atom stereocenters. The smallest absolute Gasteiger partial charge is 0.407 e. The number of nitrogens with one attached hydrogen (secondary N) is 4. The van der Waals surface area contributed by atoms with Gasteiger partial charge in [0, 0.05) is 13.0 Å². The van der Waals surface area contributed by atoms with Crippen LogP contribution >= 0.6 is 0 Å². The number of benzene rings is 1. The Morgan fingerprint density at radius 2 is 1.69 bits per heavy atom. The molecule has 0 saturated carbocycles. The van der Waals surface area contributed by atoms with Crippen LogP contribution in [0.25, 0.3) is 0 Å². The molecular formula is C21H30N4O7. The van der Waals surface area contributed by atoms with Crippen LogP contribution in [0.4, 0.5) is 4.79 Å². The number of hydrogen-bond acceptors (Lipinski definition) is 6. The topological polar surface area (TPSA) is 163 Å². The van der Waals surface area contributed by atoms with Crippen LogP contribution in [-0.2, 0) is 30.5 Å². The van der Waals surface area contributed by atoms with Crippen LogP contribution < -0.4 is 21.3 Å². The quantitative estimate of drug-likeness (QED) is 0.270. The van der Waals surface area contributed by atoms with E-state index < -0.39 is 42.5 Å². The predicted molar refractivity (Wildman–Crippen MR) is 114 cm³/mol. The Kier molecular flexibility index (Phi) is 11.9. The fourth-order valence-electron chi connectivity index (χ4n) is 2.48. The molecule has 1 aromatic rings. The molecule has 0 aromatic heterocycles. The average molecular weight is 450 g/mol. The van der Waals surface area contributed by atoms with Crippen molar-refractivity contribution in [3.05, 3.63) is 35.9 Å². The summed E-state index contributed by atoms with van der Waals surface area (Å²) in [5.41, 5.74) is 0.850. The molecule has 0 aliphatic rings. The van der Waals surface area contributed by atoms with Crippen LogP contribution in [0, 0.1) is 0 Å². The lowest BCUT2D eigenvalue weighted by Crippen LogP contribution is -2.50. The summed E-state index contributed by atoms with van der Waals surface area (Å²) in [7, 11) is 0. The fourth-order valence-corrected chi connectivity index (χ4v) is 2.48. The lowest BCUT2D eigenvalue weighted by molar-refractivity contribution is -0.141. The molecule has 0 heterocycles. The highest BCUT2D eigenvalue weighted by Gasteiger charge is 2.21. The minimum absolute atomic E-state index is 0.132. The van der Waals surface area contributed by atoms with E-state index in [0.29, 0.717) is 6.42 Å². The van der Waals surface area contributed by atoms with Gasteiger partial charge in [-0.25, -0.2) is 4.79 Å². The molecule has 11 nitrogen and oxygen atoms in total. The Bertz CT molecular complexity index is 786. The summed E-state index contributed by atoms with van der Waals surface area (Å²) in [6, 6.07) is 7.18. The molecule has 176 valence electrons. The monoisotopic (exact) mass is 450 g/mol. The summed E-state index contributed by atoms with van der Waals surface area (Å²) >= 11 is 0. The normalized spacial score (nSPS) is 12.1. The molecule has 0 aliphatic carbocycles. The number of alkyl carbamates (subject to hydrolysis) is 1. The Morgan fingerprint density at radius 1 is 1.00 bits per heavy atom. The van der Waals surface area contributed by atoms with Gasteiger partial charge in [0.2, 0.25) is 17.7 Å². The summed E-state index contributed by atoms with van der Waals surface area (Å²) in [6.45, 7) is 2.85. The Balaban J connectivity index is 2.41. The number of aliphatic carboxylic acids is 1. The molecule has 1 aromatic carbocycles. The Hall–Kier alpha value is -3.63. The number of rotatable bonds is 13. The fraction of sp³-hybridized carbons (Fsp3) is 0.476. The van der Waals surface area contributed by atoms with Crippen LogP contribution in [-0.4, -0.2) is 60.1 Å². The van der Waals surface area contributed by atoms with Gasteiger partial charge in [0.05, 0.1) is 6.54 Å². The van der Waals surface area contributed by atoms with Crippen molar-refractivity contribution in [3.63, 3.8) is 0 Å². The molecule has 1 rings (SSSR count). The van der Waals surface area contributed by atoms with Gasteiger partial charge in [-0.2, -0.15) is 0 Å². The molecule has 0 radical (unpaired) electrons. The van der Waals surface area contributed by atoms with Crippen molar-refractivity contribution < 1.29 is 33.8 Å². The third-order valence-corrected chi connectivity index (χ3v) is 4.30. The third-order valence-electron chi connectivity index (χ3n) is 4.30. The molecular weight excluding hydrogens is 420 g/mol. The summed E-state index contributed by atoms with van der Waals surface area (Å²) in [4.78, 5) is 58.3. The maximum absolute atomic E-state index is 12.4. The van der Waals surface area contributed by atoms with Crippen LogP contribution in [0.1, 0.15) is 38.7 Å². The maximum atomic E-state index is 12.4. The molecule has 4 amide bonds. The number of carbonyl (C=O) groups excluding carboxylic acids is 4. The van der Waals surface area contributed by atoms with Crippen molar-refractivity contribution in [3.8, 4) is 0 Å². The first kappa shape index (κ1) is 26.4. The number of hydrogen-bond donors (Lipinski definition) is 5. The van der Waals surface area contributed by atoms with Gasteiger partial charge in [-0.15, -0.1) is 0 Å².